The summed E-state index contributed by atoms with van der Waals surface area (Å²) < 4.78 is 13.5. The average Bonchev–Trinajstić information content (AvgIpc) is 2.46. The summed E-state index contributed by atoms with van der Waals surface area (Å²) in [7, 11) is 0. The van der Waals surface area contributed by atoms with Crippen LogP contribution in [0.15, 0.2) is 24.3 Å². The van der Waals surface area contributed by atoms with Crippen molar-refractivity contribution in [1.82, 2.24) is 4.90 Å². The van der Waals surface area contributed by atoms with Crippen molar-refractivity contribution in [2.24, 2.45) is 5.73 Å². The Kier molecular flexibility index (Phi) is 4.90. The normalized spacial score (nSPS) is 22.1. The van der Waals surface area contributed by atoms with Gasteiger partial charge in [0.15, 0.2) is 0 Å². The maximum absolute atomic E-state index is 13.5. The fraction of sp³-hybridized carbons (Fsp3) is 0.467. The number of halogens is 1. The molecule has 2 amide bonds. The van der Waals surface area contributed by atoms with Crippen molar-refractivity contribution < 1.29 is 19.1 Å². The van der Waals surface area contributed by atoms with Crippen molar-refractivity contribution in [3.8, 4) is 0 Å². The molecule has 0 spiro atoms. The molecule has 114 valence electrons. The minimum atomic E-state index is -0.776. The largest absolute Gasteiger partial charge is 0.393 e. The number of aryl methyl sites for hydroxylation is 1. The Bertz CT molecular complexity index is 535. The summed E-state index contributed by atoms with van der Waals surface area (Å²) in [5.74, 6) is -1.20. The predicted octanol–water partition coefficient (Wildman–Crippen LogP) is 0.596. The number of amides is 2. The molecule has 1 aromatic rings. The van der Waals surface area contributed by atoms with Crippen LogP contribution in [0.25, 0.3) is 0 Å². The van der Waals surface area contributed by atoms with Crippen LogP contribution in [-0.4, -0.2) is 40.5 Å². The third-order valence-corrected chi connectivity index (χ3v) is 3.79. The van der Waals surface area contributed by atoms with Crippen LogP contribution in [0, 0.1) is 5.82 Å². The van der Waals surface area contributed by atoms with Crippen LogP contribution in [0.1, 0.15) is 24.8 Å². The molecule has 0 radical (unpaired) electrons. The van der Waals surface area contributed by atoms with Gasteiger partial charge in [-0.15, -0.1) is 0 Å². The maximum Gasteiger partial charge on any atom is 0.240 e. The lowest BCUT2D eigenvalue weighted by Crippen LogP contribution is -2.53. The van der Waals surface area contributed by atoms with E-state index in [2.05, 4.69) is 0 Å². The van der Waals surface area contributed by atoms with Crippen molar-refractivity contribution in [1.29, 1.82) is 0 Å². The van der Waals surface area contributed by atoms with Gasteiger partial charge in [0.05, 0.1) is 6.10 Å². The highest BCUT2D eigenvalue weighted by Crippen LogP contribution is 2.19. The van der Waals surface area contributed by atoms with Gasteiger partial charge in [-0.25, -0.2) is 4.39 Å². The first-order chi connectivity index (χ1) is 9.99. The minimum absolute atomic E-state index is 0.112. The van der Waals surface area contributed by atoms with Gasteiger partial charge < -0.3 is 15.7 Å². The number of likely N-dealkylation sites (tertiary alicyclic amines) is 1. The van der Waals surface area contributed by atoms with Crippen LogP contribution < -0.4 is 5.73 Å². The molecule has 0 bridgehead atoms. The molecule has 6 heteroatoms. The first-order valence-corrected chi connectivity index (χ1v) is 6.99. The number of aliphatic hydroxyl groups is 1. The van der Waals surface area contributed by atoms with Crippen LogP contribution in [0.5, 0.6) is 0 Å². The number of primary amides is 1. The van der Waals surface area contributed by atoms with E-state index in [4.69, 9.17) is 5.73 Å². The van der Waals surface area contributed by atoms with Gasteiger partial charge >= 0.3 is 0 Å². The number of benzene rings is 1. The molecule has 5 nitrogen and oxygen atoms in total. The number of nitrogens with zero attached hydrogens (tertiary/aromatic N) is 1. The lowest BCUT2D eigenvalue weighted by Gasteiger charge is -2.36. The molecule has 21 heavy (non-hydrogen) atoms. The Morgan fingerprint density at radius 2 is 2.10 bits per heavy atom. The zero-order valence-corrected chi connectivity index (χ0v) is 11.7. The lowest BCUT2D eigenvalue weighted by atomic mass is 9.98. The zero-order chi connectivity index (χ0) is 15.4. The molecule has 1 aromatic carbocycles. The fourth-order valence-electron chi connectivity index (χ4n) is 2.60. The van der Waals surface area contributed by atoms with Crippen LogP contribution in [0.2, 0.25) is 0 Å². The van der Waals surface area contributed by atoms with Crippen molar-refractivity contribution >= 4 is 11.8 Å². The Morgan fingerprint density at radius 3 is 2.76 bits per heavy atom. The van der Waals surface area contributed by atoms with Crippen molar-refractivity contribution in [3.63, 3.8) is 0 Å². The molecule has 1 heterocycles. The van der Waals surface area contributed by atoms with Crippen molar-refractivity contribution in [2.45, 2.75) is 37.8 Å². The molecular weight excluding hydrogens is 275 g/mol. The second kappa shape index (κ2) is 6.67. The van der Waals surface area contributed by atoms with E-state index in [1.165, 1.54) is 11.0 Å². The maximum atomic E-state index is 13.5. The van der Waals surface area contributed by atoms with Gasteiger partial charge in [0.25, 0.3) is 0 Å². The number of rotatable bonds is 4. The number of carbonyl (C=O) groups excluding carboxylic acids is 2. The molecule has 0 saturated carbocycles. The summed E-state index contributed by atoms with van der Waals surface area (Å²) in [6.07, 6.45) is 0.366. The quantitative estimate of drug-likeness (QED) is 0.852. The third-order valence-electron chi connectivity index (χ3n) is 3.79. The highest BCUT2D eigenvalue weighted by molar-refractivity contribution is 5.87. The van der Waals surface area contributed by atoms with E-state index in [0.29, 0.717) is 18.5 Å². The number of carbonyl (C=O) groups is 2. The van der Waals surface area contributed by atoms with E-state index in [-0.39, 0.29) is 31.0 Å². The second-order valence-corrected chi connectivity index (χ2v) is 5.27. The second-order valence-electron chi connectivity index (χ2n) is 5.27. The molecule has 2 rings (SSSR count). The van der Waals surface area contributed by atoms with Crippen LogP contribution >= 0.6 is 0 Å². The van der Waals surface area contributed by atoms with Gasteiger partial charge in [-0.3, -0.25) is 9.59 Å². The number of hydrogen-bond acceptors (Lipinski definition) is 3. The third kappa shape index (κ3) is 3.78. The predicted molar refractivity (Wildman–Crippen MR) is 74.7 cm³/mol. The monoisotopic (exact) mass is 294 g/mol. The van der Waals surface area contributed by atoms with Gasteiger partial charge in [-0.1, -0.05) is 18.2 Å². The molecule has 3 N–H and O–H groups in total. The number of aliphatic hydroxyl groups excluding tert-OH is 1. The number of hydrogen-bond donors (Lipinski definition) is 2. The van der Waals surface area contributed by atoms with Gasteiger partial charge in [-0.2, -0.15) is 0 Å². The van der Waals surface area contributed by atoms with Gasteiger partial charge in [0.2, 0.25) is 11.8 Å². The number of piperidine rings is 1. The van der Waals surface area contributed by atoms with Crippen LogP contribution in [-0.2, 0) is 16.0 Å². The summed E-state index contributed by atoms with van der Waals surface area (Å²) in [6.45, 7) is 0.297. The highest BCUT2D eigenvalue weighted by Gasteiger charge is 2.34. The summed E-state index contributed by atoms with van der Waals surface area (Å²) >= 11 is 0. The molecule has 2 atom stereocenters. The van der Waals surface area contributed by atoms with E-state index in [9.17, 15) is 19.1 Å². The standard InChI is InChI=1S/C15H19FN2O3/c16-12-4-2-1-3-10(12)5-6-14(20)18-8-7-11(19)9-13(18)15(17)21/h1-4,11,13,19H,5-9H2,(H2,17,21). The van der Waals surface area contributed by atoms with Crippen LogP contribution in [0.3, 0.4) is 0 Å². The summed E-state index contributed by atoms with van der Waals surface area (Å²) in [4.78, 5) is 25.0. The Labute approximate surface area is 122 Å². The zero-order valence-electron chi connectivity index (χ0n) is 11.7. The van der Waals surface area contributed by atoms with Crippen molar-refractivity contribution in [2.75, 3.05) is 6.54 Å². The topological polar surface area (TPSA) is 83.6 Å². The summed E-state index contributed by atoms with van der Waals surface area (Å²) in [6, 6.07) is 5.52. The average molecular weight is 294 g/mol. The molecule has 2 unspecified atom stereocenters. The summed E-state index contributed by atoms with van der Waals surface area (Å²) in [5, 5.41) is 9.58. The SMILES string of the molecule is NC(=O)C1CC(O)CCN1C(=O)CCc1ccccc1F. The van der Waals surface area contributed by atoms with E-state index in [1.54, 1.807) is 18.2 Å². The van der Waals surface area contributed by atoms with Crippen molar-refractivity contribution in [3.05, 3.63) is 35.6 Å². The molecular formula is C15H19FN2O3. The fourth-order valence-corrected chi connectivity index (χ4v) is 2.60. The first-order valence-electron chi connectivity index (χ1n) is 6.99. The minimum Gasteiger partial charge on any atom is -0.393 e. The number of nitrogens with two attached hydrogens (primary N) is 1. The lowest BCUT2D eigenvalue weighted by molar-refractivity contribution is -0.143. The van der Waals surface area contributed by atoms with Gasteiger partial charge in [-0.05, 0) is 24.5 Å². The Balaban J connectivity index is 1.99. The first kappa shape index (κ1) is 15.4. The van der Waals surface area contributed by atoms with E-state index < -0.39 is 18.1 Å². The smallest absolute Gasteiger partial charge is 0.240 e. The summed E-state index contributed by atoms with van der Waals surface area (Å²) in [5.41, 5.74) is 5.76. The Morgan fingerprint density at radius 1 is 1.38 bits per heavy atom. The van der Waals surface area contributed by atoms with Gasteiger partial charge in [0.1, 0.15) is 11.9 Å². The molecule has 1 saturated heterocycles. The molecule has 1 aliphatic rings. The van der Waals surface area contributed by atoms with E-state index in [1.807, 2.05) is 0 Å². The van der Waals surface area contributed by atoms with E-state index in [0.717, 1.165) is 0 Å². The van der Waals surface area contributed by atoms with Crippen LogP contribution in [0.4, 0.5) is 4.39 Å². The molecule has 1 fully saturated rings. The van der Waals surface area contributed by atoms with Gasteiger partial charge in [0, 0.05) is 19.4 Å². The van der Waals surface area contributed by atoms with E-state index >= 15 is 0 Å². The highest BCUT2D eigenvalue weighted by atomic mass is 19.1. The molecule has 0 aliphatic carbocycles. The molecule has 0 aromatic heterocycles. The Hall–Kier alpha value is -1.95. The molecule has 1 aliphatic heterocycles.